The van der Waals surface area contributed by atoms with E-state index in [1.807, 2.05) is 0 Å². The largest absolute Gasteiger partial charge is 0.274 e. The molecular formula is C14H22ClNO. The average molecular weight is 256 g/mol. The van der Waals surface area contributed by atoms with Crippen molar-refractivity contribution in [2.45, 2.75) is 64.8 Å². The minimum Gasteiger partial charge on any atom is -0.274 e. The minimum atomic E-state index is -0.0453. The molecule has 2 unspecified atom stereocenters. The summed E-state index contributed by atoms with van der Waals surface area (Å²) in [6.07, 6.45) is 7.34. The lowest BCUT2D eigenvalue weighted by molar-refractivity contribution is -0.158. The van der Waals surface area contributed by atoms with Gasteiger partial charge in [-0.15, -0.1) is 0 Å². The number of amides is 1. The van der Waals surface area contributed by atoms with Gasteiger partial charge in [-0.2, -0.15) is 0 Å². The van der Waals surface area contributed by atoms with E-state index >= 15 is 0 Å². The van der Waals surface area contributed by atoms with Gasteiger partial charge >= 0.3 is 0 Å². The Kier molecular flexibility index (Phi) is 2.23. The van der Waals surface area contributed by atoms with Gasteiger partial charge in [0.25, 0.3) is 0 Å². The van der Waals surface area contributed by atoms with Crippen LogP contribution in [0.4, 0.5) is 0 Å². The van der Waals surface area contributed by atoms with E-state index in [0.717, 1.165) is 25.2 Å². The zero-order valence-electron chi connectivity index (χ0n) is 11.1. The van der Waals surface area contributed by atoms with Crippen LogP contribution < -0.4 is 0 Å². The maximum atomic E-state index is 11.7. The van der Waals surface area contributed by atoms with Crippen LogP contribution in [0.5, 0.6) is 0 Å². The van der Waals surface area contributed by atoms with Crippen molar-refractivity contribution in [3.05, 3.63) is 0 Å². The molecule has 1 amide bonds. The molecule has 0 aromatic carbocycles. The molecule has 3 heteroatoms. The second kappa shape index (κ2) is 3.20. The van der Waals surface area contributed by atoms with Gasteiger partial charge in [0, 0.05) is 18.7 Å². The minimum absolute atomic E-state index is 0.0146. The van der Waals surface area contributed by atoms with Gasteiger partial charge in [-0.05, 0) is 55.3 Å². The highest BCUT2D eigenvalue weighted by Crippen LogP contribution is 2.67. The molecule has 96 valence electrons. The fourth-order valence-corrected chi connectivity index (χ4v) is 6.13. The number of rotatable bonds is 1. The molecule has 0 N–H and O–H groups in total. The van der Waals surface area contributed by atoms with E-state index in [1.165, 1.54) is 19.3 Å². The molecule has 17 heavy (non-hydrogen) atoms. The predicted octanol–water partition coefficient (Wildman–Crippen LogP) is 3.74. The molecule has 4 aliphatic rings. The van der Waals surface area contributed by atoms with Crippen LogP contribution in [0.25, 0.3) is 0 Å². The highest BCUT2D eigenvalue weighted by molar-refractivity contribution is 6.21. The van der Waals surface area contributed by atoms with E-state index in [2.05, 4.69) is 13.8 Å². The first-order valence-electron chi connectivity index (χ1n) is 6.73. The zero-order valence-corrected chi connectivity index (χ0v) is 11.8. The Morgan fingerprint density at radius 1 is 1.12 bits per heavy atom. The van der Waals surface area contributed by atoms with Crippen LogP contribution in [0, 0.1) is 16.7 Å². The van der Waals surface area contributed by atoms with Crippen LogP contribution in [0.1, 0.15) is 59.3 Å². The molecule has 4 rings (SSSR count). The number of hydrogen-bond donors (Lipinski definition) is 0. The molecule has 0 aromatic heterocycles. The normalized spacial score (nSPS) is 51.6. The van der Waals surface area contributed by atoms with Crippen molar-refractivity contribution in [3.8, 4) is 0 Å². The third-order valence-corrected chi connectivity index (χ3v) is 5.89. The van der Waals surface area contributed by atoms with Crippen LogP contribution >= 0.6 is 11.8 Å². The molecular weight excluding hydrogens is 234 g/mol. The lowest BCUT2D eigenvalue weighted by Gasteiger charge is -2.66. The van der Waals surface area contributed by atoms with Gasteiger partial charge in [0.15, 0.2) is 0 Å². The van der Waals surface area contributed by atoms with Crippen LogP contribution in [0.3, 0.4) is 0 Å². The van der Waals surface area contributed by atoms with Crippen molar-refractivity contribution in [2.75, 3.05) is 0 Å². The van der Waals surface area contributed by atoms with E-state index in [9.17, 15) is 4.79 Å². The molecule has 0 spiro atoms. The molecule has 0 saturated heterocycles. The second-order valence-corrected chi connectivity index (χ2v) is 7.99. The van der Waals surface area contributed by atoms with Crippen molar-refractivity contribution in [1.82, 2.24) is 4.42 Å². The molecule has 4 aliphatic carbocycles. The van der Waals surface area contributed by atoms with Gasteiger partial charge in [0.05, 0.1) is 5.54 Å². The second-order valence-electron chi connectivity index (χ2n) is 7.65. The van der Waals surface area contributed by atoms with Gasteiger partial charge in [-0.3, -0.25) is 4.79 Å². The van der Waals surface area contributed by atoms with Crippen molar-refractivity contribution >= 4 is 17.7 Å². The fourth-order valence-electron chi connectivity index (χ4n) is 5.94. The smallest absolute Gasteiger partial charge is 0.234 e. The van der Waals surface area contributed by atoms with Gasteiger partial charge < -0.3 is 0 Å². The predicted molar refractivity (Wildman–Crippen MR) is 68.5 cm³/mol. The lowest BCUT2D eigenvalue weighted by atomic mass is 9.43. The highest BCUT2D eigenvalue weighted by atomic mass is 35.5. The monoisotopic (exact) mass is 255 g/mol. The van der Waals surface area contributed by atoms with Crippen LogP contribution in [0.15, 0.2) is 0 Å². The Balaban J connectivity index is 2.00. The molecule has 2 atom stereocenters. The summed E-state index contributed by atoms with van der Waals surface area (Å²) in [5.41, 5.74) is 0.782. The summed E-state index contributed by atoms with van der Waals surface area (Å²) in [6.45, 7) is 6.39. The van der Waals surface area contributed by atoms with E-state index in [4.69, 9.17) is 11.8 Å². The van der Waals surface area contributed by atoms with E-state index in [-0.39, 0.29) is 11.4 Å². The fraction of sp³-hybridized carbons (Fsp3) is 0.929. The van der Waals surface area contributed by atoms with E-state index in [1.54, 1.807) is 11.3 Å². The summed E-state index contributed by atoms with van der Waals surface area (Å²) in [5.74, 6) is 0.794. The molecule has 0 aliphatic heterocycles. The molecule has 0 aromatic rings. The van der Waals surface area contributed by atoms with Crippen LogP contribution in [-0.2, 0) is 4.79 Å². The summed E-state index contributed by atoms with van der Waals surface area (Å²) in [6, 6.07) is 0. The zero-order chi connectivity index (χ0) is 12.5. The van der Waals surface area contributed by atoms with Gasteiger partial charge in [-0.25, -0.2) is 4.42 Å². The summed E-state index contributed by atoms with van der Waals surface area (Å²) < 4.78 is 1.55. The highest BCUT2D eigenvalue weighted by Gasteiger charge is 2.62. The lowest BCUT2D eigenvalue weighted by Crippen LogP contribution is -2.63. The van der Waals surface area contributed by atoms with Crippen LogP contribution in [0.2, 0.25) is 0 Å². The third kappa shape index (κ3) is 1.63. The summed E-state index contributed by atoms with van der Waals surface area (Å²) in [5, 5.41) is 0. The Hall–Kier alpha value is -0.240. The van der Waals surface area contributed by atoms with E-state index < -0.39 is 0 Å². The standard InChI is InChI=1S/C14H22ClNO/c1-10(17)16(15)14-6-11-4-12(2,8-14)7-13(3,5-11)9-14/h11H,4-9H2,1-3H3. The van der Waals surface area contributed by atoms with Gasteiger partial charge in [0.1, 0.15) is 0 Å². The van der Waals surface area contributed by atoms with Crippen molar-refractivity contribution in [1.29, 1.82) is 0 Å². The number of halogens is 1. The molecule has 4 bridgehead atoms. The molecule has 4 saturated carbocycles. The number of nitrogens with zero attached hydrogens (tertiary/aromatic N) is 1. The summed E-state index contributed by atoms with van der Waals surface area (Å²) in [7, 11) is 0. The first kappa shape index (κ1) is 11.8. The first-order chi connectivity index (χ1) is 7.76. The molecule has 0 heterocycles. The van der Waals surface area contributed by atoms with E-state index in [0.29, 0.717) is 10.8 Å². The van der Waals surface area contributed by atoms with Crippen molar-refractivity contribution in [2.24, 2.45) is 16.7 Å². The van der Waals surface area contributed by atoms with Crippen molar-refractivity contribution < 1.29 is 4.79 Å². The average Bonchev–Trinajstić information content (AvgIpc) is 2.10. The molecule has 2 nitrogen and oxygen atoms in total. The number of hydrogen-bond acceptors (Lipinski definition) is 1. The summed E-state index contributed by atoms with van der Waals surface area (Å²) in [4.78, 5) is 11.7. The van der Waals surface area contributed by atoms with Gasteiger partial charge in [-0.1, -0.05) is 13.8 Å². The first-order valence-corrected chi connectivity index (χ1v) is 7.07. The maximum Gasteiger partial charge on any atom is 0.234 e. The number of carbonyl (C=O) groups is 1. The quantitative estimate of drug-likeness (QED) is 0.654. The van der Waals surface area contributed by atoms with Gasteiger partial charge in [0.2, 0.25) is 5.91 Å². The Morgan fingerprint density at radius 2 is 1.65 bits per heavy atom. The number of carbonyl (C=O) groups excluding carboxylic acids is 1. The summed E-state index contributed by atoms with van der Waals surface area (Å²) >= 11 is 6.34. The topological polar surface area (TPSA) is 20.3 Å². The maximum absolute atomic E-state index is 11.7. The SMILES string of the molecule is CC(=O)N(Cl)C12CC3CC(C)(CC(C)(C3)C1)C2. The third-order valence-electron chi connectivity index (χ3n) is 5.29. The van der Waals surface area contributed by atoms with Crippen molar-refractivity contribution in [3.63, 3.8) is 0 Å². The Morgan fingerprint density at radius 3 is 2.06 bits per heavy atom. The van der Waals surface area contributed by atoms with Crippen LogP contribution in [-0.4, -0.2) is 15.9 Å². The molecule has 0 radical (unpaired) electrons. The Bertz CT molecular complexity index is 362. The Labute approximate surface area is 109 Å². The molecule has 4 fully saturated rings.